The molecule has 1 atom stereocenters. The molecule has 0 aliphatic heterocycles. The van der Waals surface area contributed by atoms with Crippen molar-refractivity contribution in [2.24, 2.45) is 0 Å². The van der Waals surface area contributed by atoms with Gasteiger partial charge in [-0.15, -0.1) is 0 Å². The standard InChI is InChI=1S/C22H29N3O4S/c1-2-29-19-10-12-20(13-11-19)30(27,28)21(17-7-6-14-23-15-17)16-24-22(26)25-18-8-4-3-5-9-18/h6-7,10-15,18,21H,2-5,8-9,16H2,1H3,(H2,24,25,26). The smallest absolute Gasteiger partial charge is 0.315 e. The fourth-order valence-corrected chi connectivity index (χ4v) is 5.34. The van der Waals surface area contributed by atoms with Gasteiger partial charge in [-0.1, -0.05) is 25.3 Å². The first-order valence-corrected chi connectivity index (χ1v) is 12.0. The molecule has 2 amide bonds. The van der Waals surface area contributed by atoms with Gasteiger partial charge >= 0.3 is 6.03 Å². The minimum Gasteiger partial charge on any atom is -0.494 e. The first-order chi connectivity index (χ1) is 14.5. The predicted octanol–water partition coefficient (Wildman–Crippen LogP) is 3.63. The Morgan fingerprint density at radius 2 is 1.90 bits per heavy atom. The van der Waals surface area contributed by atoms with E-state index in [1.807, 2.05) is 6.92 Å². The number of carbonyl (C=O) groups is 1. The summed E-state index contributed by atoms with van der Waals surface area (Å²) >= 11 is 0. The monoisotopic (exact) mass is 431 g/mol. The molecule has 0 radical (unpaired) electrons. The van der Waals surface area contributed by atoms with E-state index >= 15 is 0 Å². The molecule has 1 aliphatic carbocycles. The third-order valence-electron chi connectivity index (χ3n) is 5.28. The van der Waals surface area contributed by atoms with Crippen LogP contribution in [0, 0.1) is 0 Å². The quantitative estimate of drug-likeness (QED) is 0.665. The summed E-state index contributed by atoms with van der Waals surface area (Å²) in [4.78, 5) is 16.6. The second kappa shape index (κ2) is 10.4. The Kier molecular flexibility index (Phi) is 7.68. The molecule has 0 saturated heterocycles. The van der Waals surface area contributed by atoms with Crippen LogP contribution in [0.3, 0.4) is 0 Å². The van der Waals surface area contributed by atoms with Crippen LogP contribution in [-0.4, -0.2) is 38.6 Å². The predicted molar refractivity (Wildman–Crippen MR) is 115 cm³/mol. The molecule has 1 heterocycles. The third kappa shape index (κ3) is 5.72. The number of ether oxygens (including phenoxy) is 1. The summed E-state index contributed by atoms with van der Waals surface area (Å²) in [7, 11) is -3.75. The molecular formula is C22H29N3O4S. The lowest BCUT2D eigenvalue weighted by molar-refractivity contribution is 0.232. The van der Waals surface area contributed by atoms with Gasteiger partial charge in [0.25, 0.3) is 0 Å². The van der Waals surface area contributed by atoms with E-state index in [0.717, 1.165) is 25.7 Å². The zero-order chi connectivity index (χ0) is 21.4. The summed E-state index contributed by atoms with van der Waals surface area (Å²) in [5.41, 5.74) is 0.532. The fraction of sp³-hybridized carbons (Fsp3) is 0.455. The molecule has 1 aliphatic rings. The van der Waals surface area contributed by atoms with E-state index in [9.17, 15) is 13.2 Å². The number of rotatable bonds is 8. The van der Waals surface area contributed by atoms with Crippen molar-refractivity contribution < 1.29 is 17.9 Å². The van der Waals surface area contributed by atoms with E-state index in [4.69, 9.17) is 4.74 Å². The van der Waals surface area contributed by atoms with E-state index in [-0.39, 0.29) is 23.5 Å². The highest BCUT2D eigenvalue weighted by Crippen LogP contribution is 2.29. The van der Waals surface area contributed by atoms with E-state index < -0.39 is 15.1 Å². The van der Waals surface area contributed by atoms with Crippen molar-refractivity contribution >= 4 is 15.9 Å². The van der Waals surface area contributed by atoms with Crippen molar-refractivity contribution in [2.75, 3.05) is 13.2 Å². The number of hydrogen-bond acceptors (Lipinski definition) is 5. The molecule has 30 heavy (non-hydrogen) atoms. The number of hydrogen-bond donors (Lipinski definition) is 2. The van der Waals surface area contributed by atoms with Crippen LogP contribution in [0.2, 0.25) is 0 Å². The molecule has 7 nitrogen and oxygen atoms in total. The summed E-state index contributed by atoms with van der Waals surface area (Å²) in [6.45, 7) is 2.33. The molecule has 0 bridgehead atoms. The van der Waals surface area contributed by atoms with Gasteiger partial charge in [0, 0.05) is 25.0 Å². The summed E-state index contributed by atoms with van der Waals surface area (Å²) in [6.07, 6.45) is 8.45. The number of benzene rings is 1. The van der Waals surface area contributed by atoms with Crippen LogP contribution in [0.4, 0.5) is 4.79 Å². The normalized spacial score (nSPS) is 15.9. The van der Waals surface area contributed by atoms with Gasteiger partial charge in [0.15, 0.2) is 9.84 Å². The molecule has 162 valence electrons. The number of carbonyl (C=O) groups excluding carboxylic acids is 1. The lowest BCUT2D eigenvalue weighted by Crippen LogP contribution is -2.44. The number of pyridine rings is 1. The summed E-state index contributed by atoms with van der Waals surface area (Å²) in [5.74, 6) is 0.611. The Morgan fingerprint density at radius 3 is 2.53 bits per heavy atom. The zero-order valence-corrected chi connectivity index (χ0v) is 18.0. The van der Waals surface area contributed by atoms with Crippen molar-refractivity contribution in [3.05, 3.63) is 54.4 Å². The van der Waals surface area contributed by atoms with E-state index in [1.165, 1.54) is 24.8 Å². The second-order valence-electron chi connectivity index (χ2n) is 7.41. The number of nitrogens with zero attached hydrogens (tertiary/aromatic N) is 1. The van der Waals surface area contributed by atoms with E-state index in [1.54, 1.807) is 30.5 Å². The van der Waals surface area contributed by atoms with Gasteiger partial charge in [-0.25, -0.2) is 13.2 Å². The molecular weight excluding hydrogens is 402 g/mol. The first-order valence-electron chi connectivity index (χ1n) is 10.4. The van der Waals surface area contributed by atoms with Gasteiger partial charge < -0.3 is 15.4 Å². The fourth-order valence-electron chi connectivity index (χ4n) is 3.70. The molecule has 2 N–H and O–H groups in total. The van der Waals surface area contributed by atoms with Crippen LogP contribution in [0.15, 0.2) is 53.7 Å². The maximum Gasteiger partial charge on any atom is 0.315 e. The molecule has 1 aromatic heterocycles. The zero-order valence-electron chi connectivity index (χ0n) is 17.2. The van der Waals surface area contributed by atoms with Crippen molar-refractivity contribution in [1.29, 1.82) is 0 Å². The van der Waals surface area contributed by atoms with Crippen LogP contribution >= 0.6 is 0 Å². The Balaban J connectivity index is 1.75. The van der Waals surface area contributed by atoms with E-state index in [0.29, 0.717) is 17.9 Å². The van der Waals surface area contributed by atoms with Gasteiger partial charge in [0.05, 0.1) is 11.5 Å². The van der Waals surface area contributed by atoms with Crippen molar-refractivity contribution in [3.63, 3.8) is 0 Å². The van der Waals surface area contributed by atoms with Gasteiger partial charge in [-0.3, -0.25) is 4.98 Å². The van der Waals surface area contributed by atoms with Gasteiger partial charge in [-0.05, 0) is 55.7 Å². The van der Waals surface area contributed by atoms with Gasteiger partial charge in [0.2, 0.25) is 0 Å². The minimum absolute atomic E-state index is 0.0419. The number of sulfone groups is 1. The Bertz CT molecular complexity index is 911. The maximum atomic E-state index is 13.4. The Labute approximate surface area is 178 Å². The van der Waals surface area contributed by atoms with Crippen LogP contribution in [0.5, 0.6) is 5.75 Å². The van der Waals surface area contributed by atoms with Crippen LogP contribution < -0.4 is 15.4 Å². The molecule has 3 rings (SSSR count). The SMILES string of the molecule is CCOc1ccc(S(=O)(=O)C(CNC(=O)NC2CCCCC2)c2cccnc2)cc1. The van der Waals surface area contributed by atoms with Crippen LogP contribution in [0.1, 0.15) is 49.8 Å². The molecule has 2 aromatic rings. The highest BCUT2D eigenvalue weighted by molar-refractivity contribution is 7.91. The highest BCUT2D eigenvalue weighted by atomic mass is 32.2. The number of urea groups is 1. The van der Waals surface area contributed by atoms with E-state index in [2.05, 4.69) is 15.6 Å². The number of nitrogens with one attached hydrogen (secondary N) is 2. The molecule has 1 fully saturated rings. The average molecular weight is 432 g/mol. The Hall–Kier alpha value is -2.61. The van der Waals surface area contributed by atoms with Gasteiger partial charge in [0.1, 0.15) is 11.0 Å². The average Bonchev–Trinajstić information content (AvgIpc) is 2.76. The molecule has 1 unspecified atom stereocenters. The summed E-state index contributed by atoms with van der Waals surface area (Å²) < 4.78 is 32.1. The number of amides is 2. The Morgan fingerprint density at radius 1 is 1.17 bits per heavy atom. The topological polar surface area (TPSA) is 97.4 Å². The largest absolute Gasteiger partial charge is 0.494 e. The van der Waals surface area contributed by atoms with Gasteiger partial charge in [-0.2, -0.15) is 0 Å². The lowest BCUT2D eigenvalue weighted by atomic mass is 9.96. The minimum atomic E-state index is -3.75. The molecule has 0 spiro atoms. The van der Waals surface area contributed by atoms with Crippen LogP contribution in [-0.2, 0) is 9.84 Å². The summed E-state index contributed by atoms with van der Waals surface area (Å²) in [6, 6.07) is 9.57. The highest BCUT2D eigenvalue weighted by Gasteiger charge is 2.30. The van der Waals surface area contributed by atoms with Crippen molar-refractivity contribution in [3.8, 4) is 5.75 Å². The molecule has 1 aromatic carbocycles. The molecule has 8 heteroatoms. The number of aromatic nitrogens is 1. The van der Waals surface area contributed by atoms with Crippen molar-refractivity contribution in [1.82, 2.24) is 15.6 Å². The second-order valence-corrected chi connectivity index (χ2v) is 9.54. The first kappa shape index (κ1) is 22.1. The third-order valence-corrected chi connectivity index (χ3v) is 7.40. The van der Waals surface area contributed by atoms with Crippen molar-refractivity contribution in [2.45, 2.75) is 55.2 Å². The summed E-state index contributed by atoms with van der Waals surface area (Å²) in [5, 5.41) is 4.77. The lowest BCUT2D eigenvalue weighted by Gasteiger charge is -2.24. The molecule has 1 saturated carbocycles. The van der Waals surface area contributed by atoms with Crippen LogP contribution in [0.25, 0.3) is 0 Å². The maximum absolute atomic E-state index is 13.4.